The Hall–Kier alpha value is -5.02. The lowest BCUT2D eigenvalue weighted by Crippen LogP contribution is -2.53. The van der Waals surface area contributed by atoms with Crippen molar-refractivity contribution >= 4 is 34.4 Å². The van der Waals surface area contributed by atoms with Gasteiger partial charge in [0.15, 0.2) is 17.2 Å². The minimum absolute atomic E-state index is 0.0219. The number of anilines is 1. The molecule has 3 aliphatic rings. The van der Waals surface area contributed by atoms with Crippen molar-refractivity contribution in [2.75, 3.05) is 32.5 Å². The van der Waals surface area contributed by atoms with Gasteiger partial charge in [0, 0.05) is 84.3 Å². The number of nitrogens with zero attached hydrogens (tertiary/aromatic N) is 4. The SMILES string of the molecule is CCCC(=O)Oc1c(F)cc2nc3c(cc2c1CN1CCC([N+](C)(C)Cc2ccc(NC(=O)[C@H](C)NC(C)C)cc2)CC1)Cn1c-3cc2c(c1=O)COC(=O)[C@]2(O)CC. The second kappa shape index (κ2) is 16.6. The first-order valence-electron chi connectivity index (χ1n) is 20.8. The van der Waals surface area contributed by atoms with E-state index >= 15 is 4.39 Å². The molecule has 0 spiro atoms. The van der Waals surface area contributed by atoms with Crippen LogP contribution in [0.1, 0.15) is 94.5 Å². The lowest BCUT2D eigenvalue weighted by molar-refractivity contribution is -0.929. The number of likely N-dealkylation sites (tertiary alicyclic amines) is 1. The summed E-state index contributed by atoms with van der Waals surface area (Å²) in [6.45, 7) is 11.9. The maximum atomic E-state index is 16.2. The van der Waals surface area contributed by atoms with Gasteiger partial charge < -0.3 is 34.3 Å². The fourth-order valence-electron chi connectivity index (χ4n) is 8.89. The van der Waals surface area contributed by atoms with Gasteiger partial charge in [0.05, 0.1) is 55.2 Å². The third-order valence-electron chi connectivity index (χ3n) is 12.2. The summed E-state index contributed by atoms with van der Waals surface area (Å²) in [5.74, 6) is -2.20. The number of rotatable bonds is 13. The Labute approximate surface area is 344 Å². The maximum absolute atomic E-state index is 16.2. The number of esters is 2. The summed E-state index contributed by atoms with van der Waals surface area (Å²) in [6, 6.07) is 13.1. The number of nitrogens with one attached hydrogen (secondary N) is 2. The van der Waals surface area contributed by atoms with E-state index in [4.69, 9.17) is 14.5 Å². The van der Waals surface area contributed by atoms with E-state index in [2.05, 4.69) is 41.8 Å². The number of carbonyl (C=O) groups is 3. The van der Waals surface area contributed by atoms with Gasteiger partial charge in [0.25, 0.3) is 5.56 Å². The van der Waals surface area contributed by atoms with Crippen LogP contribution in [0, 0.1) is 5.82 Å². The average molecular weight is 812 g/mol. The van der Waals surface area contributed by atoms with Crippen molar-refractivity contribution < 1.29 is 37.8 Å². The van der Waals surface area contributed by atoms with E-state index in [9.17, 15) is 24.3 Å². The van der Waals surface area contributed by atoms with E-state index in [1.807, 2.05) is 45.9 Å². The van der Waals surface area contributed by atoms with Crippen LogP contribution in [0.5, 0.6) is 5.75 Å². The van der Waals surface area contributed by atoms with Gasteiger partial charge in [-0.15, -0.1) is 0 Å². The number of aliphatic hydroxyl groups is 1. The molecule has 1 amide bonds. The van der Waals surface area contributed by atoms with Crippen LogP contribution >= 0.6 is 0 Å². The number of benzene rings is 2. The quantitative estimate of drug-likeness (QED) is 0.0792. The Kier molecular flexibility index (Phi) is 11.8. The fraction of sp³-hybridized carbons (Fsp3) is 0.489. The highest BCUT2D eigenvalue weighted by molar-refractivity contribution is 5.94. The molecule has 1 fully saturated rings. The monoisotopic (exact) mass is 811 g/mol. The molecule has 2 atom stereocenters. The van der Waals surface area contributed by atoms with E-state index < -0.39 is 23.4 Å². The minimum Gasteiger partial charge on any atom is -0.458 e. The summed E-state index contributed by atoms with van der Waals surface area (Å²) in [7, 11) is 4.47. The van der Waals surface area contributed by atoms with Crippen LogP contribution in [-0.4, -0.2) is 87.2 Å². The molecule has 14 heteroatoms. The number of carbonyl (C=O) groups excluding carboxylic acids is 3. The molecule has 13 nitrogen and oxygen atoms in total. The summed E-state index contributed by atoms with van der Waals surface area (Å²) < 4.78 is 29.4. The van der Waals surface area contributed by atoms with Gasteiger partial charge in [-0.3, -0.25) is 19.3 Å². The standard InChI is InChI=1S/C45H55FN6O7/c1-8-10-39(53)59-41-33(23-50-17-15-31(16-18-50)52(6,7)24-28-11-13-30(14-12-28)48-42(54)27(5)47-26(3)4)32-19-29-22-51-38(40(29)49-37(32)21-36(41)46)20-35-34(43(51)55)25-58-44(56)45(35,57)9-2/h11-14,19-21,26-27,31,47,57H,8-10,15-18,22-25H2,1-7H3/p+1/t27-,45-/m0/s1. The first-order chi connectivity index (χ1) is 28.0. The number of pyridine rings is 2. The Morgan fingerprint density at radius 1 is 1.08 bits per heavy atom. The fourth-order valence-corrected chi connectivity index (χ4v) is 8.89. The predicted octanol–water partition coefficient (Wildman–Crippen LogP) is 5.49. The number of hydrogen-bond donors (Lipinski definition) is 3. The predicted molar refractivity (Wildman–Crippen MR) is 222 cm³/mol. The molecule has 3 N–H and O–H groups in total. The molecule has 3 aliphatic heterocycles. The Balaban J connectivity index is 1.11. The van der Waals surface area contributed by atoms with Crippen molar-refractivity contribution in [3.05, 3.63) is 86.5 Å². The molecule has 2 aromatic carbocycles. The first-order valence-corrected chi connectivity index (χ1v) is 20.8. The molecule has 0 aliphatic carbocycles. The lowest BCUT2D eigenvalue weighted by atomic mass is 9.86. The molecule has 0 radical (unpaired) electrons. The van der Waals surface area contributed by atoms with Crippen molar-refractivity contribution in [3.8, 4) is 17.1 Å². The number of fused-ring (bicyclic) bond motifs is 5. The van der Waals surface area contributed by atoms with Crippen LogP contribution in [-0.2, 0) is 51.0 Å². The number of amides is 1. The van der Waals surface area contributed by atoms with Gasteiger partial charge in [-0.1, -0.05) is 39.8 Å². The lowest BCUT2D eigenvalue weighted by Gasteiger charge is -2.43. The van der Waals surface area contributed by atoms with Crippen molar-refractivity contribution in [1.82, 2.24) is 19.8 Å². The topological polar surface area (TPSA) is 152 Å². The number of aromatic nitrogens is 2. The number of halogens is 1. The molecule has 0 saturated carbocycles. The summed E-state index contributed by atoms with van der Waals surface area (Å²) >= 11 is 0. The second-order valence-corrected chi connectivity index (χ2v) is 17.2. The van der Waals surface area contributed by atoms with E-state index in [1.54, 1.807) is 17.6 Å². The average Bonchev–Trinajstić information content (AvgIpc) is 3.55. The Morgan fingerprint density at radius 2 is 1.80 bits per heavy atom. The molecular weight excluding hydrogens is 756 g/mol. The molecular formula is C45H56FN6O7+. The number of quaternary nitrogens is 1. The van der Waals surface area contributed by atoms with Gasteiger partial charge in [-0.05, 0) is 44.0 Å². The van der Waals surface area contributed by atoms with Crippen LogP contribution in [0.15, 0.2) is 47.3 Å². The van der Waals surface area contributed by atoms with E-state index in [0.717, 1.165) is 42.6 Å². The molecule has 5 heterocycles. The molecule has 1 saturated heterocycles. The van der Waals surface area contributed by atoms with Gasteiger partial charge in [-0.25, -0.2) is 14.2 Å². The van der Waals surface area contributed by atoms with E-state index in [1.165, 1.54) is 11.6 Å². The van der Waals surface area contributed by atoms with Crippen molar-refractivity contribution in [1.29, 1.82) is 0 Å². The maximum Gasteiger partial charge on any atom is 0.343 e. The molecule has 4 aromatic rings. The molecule has 0 unspecified atom stereocenters. The second-order valence-electron chi connectivity index (χ2n) is 17.2. The minimum atomic E-state index is -1.96. The number of hydrogen-bond acceptors (Lipinski definition) is 10. The number of ether oxygens (including phenoxy) is 2. The zero-order valence-electron chi connectivity index (χ0n) is 35.1. The molecule has 0 bridgehead atoms. The van der Waals surface area contributed by atoms with Crippen LogP contribution in [0.2, 0.25) is 0 Å². The summed E-state index contributed by atoms with van der Waals surface area (Å²) in [6.07, 6.45) is 2.51. The van der Waals surface area contributed by atoms with Crippen molar-refractivity contribution in [2.24, 2.45) is 0 Å². The zero-order chi connectivity index (χ0) is 42.4. The number of piperidine rings is 1. The number of cyclic esters (lactones) is 1. The van der Waals surface area contributed by atoms with E-state index in [0.29, 0.717) is 52.4 Å². The van der Waals surface area contributed by atoms with Crippen LogP contribution in [0.25, 0.3) is 22.3 Å². The van der Waals surface area contributed by atoms with Crippen LogP contribution in [0.4, 0.5) is 10.1 Å². The highest BCUT2D eigenvalue weighted by Gasteiger charge is 2.45. The first kappa shape index (κ1) is 42.1. The van der Waals surface area contributed by atoms with Crippen LogP contribution < -0.4 is 20.9 Å². The third kappa shape index (κ3) is 8.28. The normalized spacial score (nSPS) is 18.6. The van der Waals surface area contributed by atoms with Gasteiger partial charge >= 0.3 is 11.9 Å². The van der Waals surface area contributed by atoms with Crippen molar-refractivity contribution in [3.63, 3.8) is 0 Å². The molecule has 2 aromatic heterocycles. The van der Waals surface area contributed by atoms with Crippen LogP contribution in [0.3, 0.4) is 0 Å². The molecule has 7 rings (SSSR count). The zero-order valence-corrected chi connectivity index (χ0v) is 35.1. The Morgan fingerprint density at radius 3 is 2.46 bits per heavy atom. The highest BCUT2D eigenvalue weighted by atomic mass is 19.1. The van der Waals surface area contributed by atoms with Crippen molar-refractivity contribution in [2.45, 2.75) is 117 Å². The summed E-state index contributed by atoms with van der Waals surface area (Å²) in [4.78, 5) is 59.0. The summed E-state index contributed by atoms with van der Waals surface area (Å²) in [5, 5.41) is 18.1. The summed E-state index contributed by atoms with van der Waals surface area (Å²) in [5.41, 5.74) is 2.49. The smallest absolute Gasteiger partial charge is 0.343 e. The largest absolute Gasteiger partial charge is 0.458 e. The third-order valence-corrected chi connectivity index (χ3v) is 12.2. The van der Waals surface area contributed by atoms with Gasteiger partial charge in [0.2, 0.25) is 5.91 Å². The molecule has 314 valence electrons. The Bertz CT molecular complexity index is 2350. The highest BCUT2D eigenvalue weighted by Crippen LogP contribution is 2.41. The van der Waals surface area contributed by atoms with Gasteiger partial charge in [-0.2, -0.15) is 0 Å². The molecule has 59 heavy (non-hydrogen) atoms. The van der Waals surface area contributed by atoms with Gasteiger partial charge in [0.1, 0.15) is 13.2 Å². The van der Waals surface area contributed by atoms with E-state index in [-0.39, 0.29) is 66.4 Å².